The lowest BCUT2D eigenvalue weighted by Gasteiger charge is -2.30. The first-order valence-corrected chi connectivity index (χ1v) is 9.97. The van der Waals surface area contributed by atoms with E-state index in [1.54, 1.807) is 0 Å². The number of hydrogen-bond donors (Lipinski definition) is 3. The number of halogens is 2. The molecular weight excluding hydrogens is 369 g/mol. The van der Waals surface area contributed by atoms with Gasteiger partial charge in [0.1, 0.15) is 5.82 Å². The largest absolute Gasteiger partial charge is 0.348 e. The summed E-state index contributed by atoms with van der Waals surface area (Å²) in [6.07, 6.45) is 6.47. The topological polar surface area (TPSA) is 101 Å². The quantitative estimate of drug-likeness (QED) is 0.689. The SMILES string of the molecule is CS(=O)(=O)Nc1cc(C(=O)NC(CN)C2CCCCC2)ccc1F.Cl. The van der Waals surface area contributed by atoms with Gasteiger partial charge in [-0.05, 0) is 37.0 Å². The fourth-order valence-electron chi connectivity index (χ4n) is 3.10. The number of amides is 1. The van der Waals surface area contributed by atoms with Gasteiger partial charge in [0.2, 0.25) is 10.0 Å². The standard InChI is InChI=1S/C16H24FN3O3S.ClH/c1-24(22,23)20-14-9-12(7-8-13(14)17)16(21)19-15(10-18)11-5-3-2-4-6-11;/h7-9,11,15,20H,2-6,10,18H2,1H3,(H,19,21);1H. The molecule has 1 atom stereocenters. The van der Waals surface area contributed by atoms with E-state index in [1.807, 2.05) is 0 Å². The summed E-state index contributed by atoms with van der Waals surface area (Å²) < 4.78 is 38.3. The van der Waals surface area contributed by atoms with Crippen molar-refractivity contribution in [1.82, 2.24) is 5.32 Å². The van der Waals surface area contributed by atoms with E-state index in [0.717, 1.165) is 38.0 Å². The molecule has 0 radical (unpaired) electrons. The third-order valence-corrected chi connectivity index (χ3v) is 4.90. The van der Waals surface area contributed by atoms with Crippen LogP contribution in [0.1, 0.15) is 42.5 Å². The summed E-state index contributed by atoms with van der Waals surface area (Å²) in [6, 6.07) is 3.46. The zero-order chi connectivity index (χ0) is 17.7. The van der Waals surface area contributed by atoms with Crippen molar-refractivity contribution in [3.8, 4) is 0 Å². The fraction of sp³-hybridized carbons (Fsp3) is 0.562. The Balaban J connectivity index is 0.00000312. The first-order valence-electron chi connectivity index (χ1n) is 8.08. The molecule has 0 bridgehead atoms. The van der Waals surface area contributed by atoms with Gasteiger partial charge in [0.25, 0.3) is 5.91 Å². The summed E-state index contributed by atoms with van der Waals surface area (Å²) in [6.45, 7) is 0.339. The van der Waals surface area contributed by atoms with E-state index in [0.29, 0.717) is 12.5 Å². The summed E-state index contributed by atoms with van der Waals surface area (Å²) in [5.41, 5.74) is 5.75. The lowest BCUT2D eigenvalue weighted by molar-refractivity contribution is 0.0915. The van der Waals surface area contributed by atoms with Gasteiger partial charge in [0.05, 0.1) is 11.9 Å². The van der Waals surface area contributed by atoms with Crippen molar-refractivity contribution in [2.24, 2.45) is 11.7 Å². The summed E-state index contributed by atoms with van der Waals surface area (Å²) >= 11 is 0. The van der Waals surface area contributed by atoms with Crippen LogP contribution in [0.4, 0.5) is 10.1 Å². The maximum Gasteiger partial charge on any atom is 0.251 e. The normalized spacial score (nSPS) is 16.6. The monoisotopic (exact) mass is 393 g/mol. The second-order valence-corrected chi connectivity index (χ2v) is 8.03. The number of carbonyl (C=O) groups is 1. The molecule has 4 N–H and O–H groups in total. The molecule has 1 aromatic carbocycles. The van der Waals surface area contributed by atoms with E-state index in [-0.39, 0.29) is 35.6 Å². The van der Waals surface area contributed by atoms with Crippen LogP contribution in [-0.2, 0) is 10.0 Å². The molecule has 9 heteroatoms. The molecule has 1 aliphatic rings. The number of carbonyl (C=O) groups excluding carboxylic acids is 1. The highest BCUT2D eigenvalue weighted by atomic mass is 35.5. The van der Waals surface area contributed by atoms with Gasteiger partial charge in [0, 0.05) is 18.2 Å². The van der Waals surface area contributed by atoms with Gasteiger partial charge in [-0.3, -0.25) is 9.52 Å². The lowest BCUT2D eigenvalue weighted by atomic mass is 9.84. The highest BCUT2D eigenvalue weighted by molar-refractivity contribution is 7.92. The van der Waals surface area contributed by atoms with Crippen LogP contribution in [0.5, 0.6) is 0 Å². The van der Waals surface area contributed by atoms with Gasteiger partial charge < -0.3 is 11.1 Å². The van der Waals surface area contributed by atoms with Crippen LogP contribution in [0.3, 0.4) is 0 Å². The number of nitrogens with one attached hydrogen (secondary N) is 2. The summed E-state index contributed by atoms with van der Waals surface area (Å²) in [5, 5.41) is 2.90. The molecule has 6 nitrogen and oxygen atoms in total. The molecule has 2 rings (SSSR count). The van der Waals surface area contributed by atoms with Crippen molar-refractivity contribution in [3.63, 3.8) is 0 Å². The van der Waals surface area contributed by atoms with Crippen molar-refractivity contribution in [3.05, 3.63) is 29.6 Å². The molecule has 1 fully saturated rings. The fourth-order valence-corrected chi connectivity index (χ4v) is 3.66. The van der Waals surface area contributed by atoms with E-state index in [9.17, 15) is 17.6 Å². The van der Waals surface area contributed by atoms with Crippen LogP contribution in [0.2, 0.25) is 0 Å². The van der Waals surface area contributed by atoms with Crippen molar-refractivity contribution < 1.29 is 17.6 Å². The zero-order valence-electron chi connectivity index (χ0n) is 14.1. The third kappa shape index (κ3) is 6.45. The lowest BCUT2D eigenvalue weighted by Crippen LogP contribution is -2.45. The minimum atomic E-state index is -3.63. The Morgan fingerprint density at radius 1 is 1.32 bits per heavy atom. The Kier molecular flexibility index (Phi) is 8.11. The first-order chi connectivity index (χ1) is 11.3. The van der Waals surface area contributed by atoms with Gasteiger partial charge >= 0.3 is 0 Å². The van der Waals surface area contributed by atoms with Crippen molar-refractivity contribution in [1.29, 1.82) is 0 Å². The van der Waals surface area contributed by atoms with Gasteiger partial charge in [-0.15, -0.1) is 12.4 Å². The molecule has 1 aliphatic carbocycles. The minimum Gasteiger partial charge on any atom is -0.348 e. The summed E-state index contributed by atoms with van der Waals surface area (Å²) in [7, 11) is -3.63. The highest BCUT2D eigenvalue weighted by Crippen LogP contribution is 2.26. The molecule has 0 aromatic heterocycles. The van der Waals surface area contributed by atoms with Crippen LogP contribution >= 0.6 is 12.4 Å². The van der Waals surface area contributed by atoms with E-state index in [4.69, 9.17) is 5.73 Å². The first kappa shape index (κ1) is 21.7. The van der Waals surface area contributed by atoms with Crippen LogP contribution in [0.25, 0.3) is 0 Å². The Morgan fingerprint density at radius 2 is 1.96 bits per heavy atom. The van der Waals surface area contributed by atoms with Crippen LogP contribution in [0.15, 0.2) is 18.2 Å². The van der Waals surface area contributed by atoms with Crippen molar-refractivity contribution in [2.45, 2.75) is 38.1 Å². The molecule has 1 unspecified atom stereocenters. The molecule has 142 valence electrons. The molecule has 0 spiro atoms. The molecule has 1 aromatic rings. The predicted molar refractivity (Wildman–Crippen MR) is 99.0 cm³/mol. The molecule has 0 heterocycles. The Morgan fingerprint density at radius 3 is 2.52 bits per heavy atom. The second-order valence-electron chi connectivity index (χ2n) is 6.28. The number of sulfonamides is 1. The van der Waals surface area contributed by atoms with Gasteiger partial charge in [-0.2, -0.15) is 0 Å². The number of benzene rings is 1. The average Bonchev–Trinajstić information content (AvgIpc) is 2.54. The zero-order valence-corrected chi connectivity index (χ0v) is 15.8. The molecule has 0 saturated heterocycles. The average molecular weight is 394 g/mol. The number of hydrogen-bond acceptors (Lipinski definition) is 4. The predicted octanol–water partition coefficient (Wildman–Crippen LogP) is 2.26. The summed E-state index contributed by atoms with van der Waals surface area (Å²) in [4.78, 5) is 12.4. The van der Waals surface area contributed by atoms with Crippen molar-refractivity contribution in [2.75, 3.05) is 17.5 Å². The maximum atomic E-state index is 13.7. The van der Waals surface area contributed by atoms with Crippen LogP contribution in [0, 0.1) is 11.7 Å². The molecule has 1 saturated carbocycles. The van der Waals surface area contributed by atoms with Crippen molar-refractivity contribution >= 4 is 34.0 Å². The minimum absolute atomic E-state index is 0. The molecule has 0 aliphatic heterocycles. The molecular formula is C16H25ClFN3O3S. The van der Waals surface area contributed by atoms with E-state index >= 15 is 0 Å². The second kappa shape index (κ2) is 9.35. The summed E-state index contributed by atoms with van der Waals surface area (Å²) in [5.74, 6) is -0.769. The van der Waals surface area contributed by atoms with Crippen LogP contribution < -0.4 is 15.8 Å². The van der Waals surface area contributed by atoms with Gasteiger partial charge in [0.15, 0.2) is 0 Å². The Labute approximate surface area is 154 Å². The Hall–Kier alpha value is -1.38. The van der Waals surface area contributed by atoms with Crippen LogP contribution in [-0.4, -0.2) is 33.2 Å². The van der Waals surface area contributed by atoms with Gasteiger partial charge in [-0.1, -0.05) is 19.3 Å². The number of anilines is 1. The highest BCUT2D eigenvalue weighted by Gasteiger charge is 2.24. The van der Waals surface area contributed by atoms with E-state index in [1.165, 1.54) is 18.6 Å². The third-order valence-electron chi connectivity index (χ3n) is 4.31. The smallest absolute Gasteiger partial charge is 0.251 e. The number of nitrogens with two attached hydrogens (primary N) is 1. The van der Waals surface area contributed by atoms with Gasteiger partial charge in [-0.25, -0.2) is 12.8 Å². The Bertz CT molecular complexity index is 694. The molecule has 1 amide bonds. The van der Waals surface area contributed by atoms with E-state index in [2.05, 4.69) is 10.0 Å². The van der Waals surface area contributed by atoms with E-state index < -0.39 is 15.8 Å². The maximum absolute atomic E-state index is 13.7. The number of rotatable bonds is 6. The molecule has 25 heavy (non-hydrogen) atoms.